The van der Waals surface area contributed by atoms with Crippen molar-refractivity contribution in [2.24, 2.45) is 0 Å². The number of ether oxygens (including phenoxy) is 3. The summed E-state index contributed by atoms with van der Waals surface area (Å²) in [7, 11) is 3.08. The monoisotopic (exact) mass is 389 g/mol. The van der Waals surface area contributed by atoms with Gasteiger partial charge in [0.15, 0.2) is 23.1 Å². The number of anilines is 1. The van der Waals surface area contributed by atoms with Crippen molar-refractivity contribution in [3.8, 4) is 17.2 Å². The van der Waals surface area contributed by atoms with Crippen molar-refractivity contribution in [1.82, 2.24) is 10.2 Å². The molecule has 0 spiro atoms. The molecule has 0 saturated heterocycles. The van der Waals surface area contributed by atoms with Crippen molar-refractivity contribution in [1.29, 1.82) is 0 Å². The second-order valence-electron chi connectivity index (χ2n) is 6.21. The van der Waals surface area contributed by atoms with E-state index in [4.69, 9.17) is 14.2 Å². The van der Waals surface area contributed by atoms with Crippen LogP contribution in [0.2, 0.25) is 0 Å². The average Bonchev–Trinajstić information content (AvgIpc) is 3.09. The molecule has 8 nitrogen and oxygen atoms in total. The SMILES string of the molecule is COc1ccc(CN(C)CC(=O)NC(=O)Nc2ccc3c(c2)OCO3)cc1F. The van der Waals surface area contributed by atoms with Crippen LogP contribution in [0.15, 0.2) is 36.4 Å². The third-order valence-electron chi connectivity index (χ3n) is 3.97. The maximum atomic E-state index is 13.7. The van der Waals surface area contributed by atoms with Gasteiger partial charge in [0.1, 0.15) is 0 Å². The van der Waals surface area contributed by atoms with Gasteiger partial charge in [-0.25, -0.2) is 9.18 Å². The van der Waals surface area contributed by atoms with Gasteiger partial charge in [-0.3, -0.25) is 15.0 Å². The molecule has 148 valence electrons. The second-order valence-corrected chi connectivity index (χ2v) is 6.21. The Hall–Kier alpha value is -3.33. The fraction of sp³-hybridized carbons (Fsp3) is 0.263. The molecule has 3 amide bonds. The predicted molar refractivity (Wildman–Crippen MR) is 99.0 cm³/mol. The quantitative estimate of drug-likeness (QED) is 0.788. The van der Waals surface area contributed by atoms with E-state index >= 15 is 0 Å². The average molecular weight is 389 g/mol. The van der Waals surface area contributed by atoms with Gasteiger partial charge in [0.2, 0.25) is 12.7 Å². The van der Waals surface area contributed by atoms with E-state index in [-0.39, 0.29) is 19.1 Å². The van der Waals surface area contributed by atoms with Gasteiger partial charge in [-0.2, -0.15) is 0 Å². The number of methoxy groups -OCH3 is 1. The van der Waals surface area contributed by atoms with Crippen molar-refractivity contribution in [3.05, 3.63) is 47.8 Å². The van der Waals surface area contributed by atoms with Crippen LogP contribution >= 0.6 is 0 Å². The molecule has 1 aliphatic rings. The first-order valence-corrected chi connectivity index (χ1v) is 8.46. The van der Waals surface area contributed by atoms with Crippen LogP contribution in [0, 0.1) is 5.82 Å². The van der Waals surface area contributed by atoms with Crippen LogP contribution in [0.5, 0.6) is 17.2 Å². The maximum absolute atomic E-state index is 13.7. The van der Waals surface area contributed by atoms with Gasteiger partial charge in [0.05, 0.1) is 13.7 Å². The first-order chi connectivity index (χ1) is 13.4. The highest BCUT2D eigenvalue weighted by atomic mass is 19.1. The van der Waals surface area contributed by atoms with E-state index in [1.54, 1.807) is 36.2 Å². The van der Waals surface area contributed by atoms with Crippen LogP contribution in [0.4, 0.5) is 14.9 Å². The highest BCUT2D eigenvalue weighted by molar-refractivity contribution is 6.01. The summed E-state index contributed by atoms with van der Waals surface area (Å²) in [6.45, 7) is 0.425. The molecule has 2 N–H and O–H groups in total. The van der Waals surface area contributed by atoms with E-state index in [1.165, 1.54) is 19.2 Å². The molecule has 0 unspecified atom stereocenters. The molecule has 0 radical (unpaired) electrons. The Balaban J connectivity index is 1.47. The summed E-state index contributed by atoms with van der Waals surface area (Å²) in [6, 6.07) is 8.84. The van der Waals surface area contributed by atoms with E-state index in [0.29, 0.717) is 29.3 Å². The molecule has 0 aliphatic carbocycles. The van der Waals surface area contributed by atoms with Gasteiger partial charge in [-0.05, 0) is 36.9 Å². The summed E-state index contributed by atoms with van der Waals surface area (Å²) in [5, 5.41) is 4.80. The standard InChI is InChI=1S/C19H20FN3O5/c1-23(9-12-3-5-15(26-2)14(20)7-12)10-18(24)22-19(25)21-13-4-6-16-17(8-13)28-11-27-16/h3-8H,9-11H2,1-2H3,(H2,21,22,24,25). The van der Waals surface area contributed by atoms with E-state index in [0.717, 1.165) is 0 Å². The highest BCUT2D eigenvalue weighted by Crippen LogP contribution is 2.34. The number of rotatable bonds is 6. The molecule has 2 aromatic rings. The fourth-order valence-electron chi connectivity index (χ4n) is 2.72. The van der Waals surface area contributed by atoms with Crippen molar-refractivity contribution < 1.29 is 28.2 Å². The number of urea groups is 1. The Labute approximate surface area is 161 Å². The van der Waals surface area contributed by atoms with E-state index in [9.17, 15) is 14.0 Å². The van der Waals surface area contributed by atoms with Gasteiger partial charge in [0, 0.05) is 18.3 Å². The Bertz CT molecular complexity index is 890. The van der Waals surface area contributed by atoms with Gasteiger partial charge < -0.3 is 19.5 Å². The molecule has 1 aliphatic heterocycles. The minimum Gasteiger partial charge on any atom is -0.494 e. The predicted octanol–water partition coefficient (Wildman–Crippen LogP) is 2.34. The van der Waals surface area contributed by atoms with E-state index in [2.05, 4.69) is 10.6 Å². The number of likely N-dealkylation sites (N-methyl/N-ethyl adjacent to an activating group) is 1. The number of halogens is 1. The van der Waals surface area contributed by atoms with Crippen molar-refractivity contribution >= 4 is 17.6 Å². The van der Waals surface area contributed by atoms with Crippen LogP contribution in [0.1, 0.15) is 5.56 Å². The van der Waals surface area contributed by atoms with Crippen LogP contribution < -0.4 is 24.8 Å². The molecule has 0 saturated carbocycles. The van der Waals surface area contributed by atoms with Crippen molar-refractivity contribution in [3.63, 3.8) is 0 Å². The zero-order chi connectivity index (χ0) is 20.1. The number of benzene rings is 2. The van der Waals surface area contributed by atoms with E-state index in [1.807, 2.05) is 0 Å². The van der Waals surface area contributed by atoms with Gasteiger partial charge in [0.25, 0.3) is 0 Å². The first kappa shape index (κ1) is 19.4. The van der Waals surface area contributed by atoms with Crippen LogP contribution in [-0.2, 0) is 11.3 Å². The molecule has 0 bridgehead atoms. The van der Waals surface area contributed by atoms with Crippen molar-refractivity contribution in [2.45, 2.75) is 6.54 Å². The Morgan fingerprint density at radius 2 is 1.96 bits per heavy atom. The number of hydrogen-bond acceptors (Lipinski definition) is 6. The molecule has 3 rings (SSSR count). The van der Waals surface area contributed by atoms with Crippen molar-refractivity contribution in [2.75, 3.05) is 32.8 Å². The minimum atomic E-state index is -0.659. The van der Waals surface area contributed by atoms with Crippen LogP contribution in [-0.4, -0.2) is 44.3 Å². The smallest absolute Gasteiger partial charge is 0.325 e. The molecule has 2 aromatic carbocycles. The molecule has 28 heavy (non-hydrogen) atoms. The number of amides is 3. The molecular weight excluding hydrogens is 369 g/mol. The van der Waals surface area contributed by atoms with Gasteiger partial charge in [-0.1, -0.05) is 6.07 Å². The number of nitrogens with zero attached hydrogens (tertiary/aromatic N) is 1. The molecular formula is C19H20FN3O5. The second kappa shape index (κ2) is 8.57. The number of hydrogen-bond donors (Lipinski definition) is 2. The Morgan fingerprint density at radius 1 is 1.18 bits per heavy atom. The summed E-state index contributed by atoms with van der Waals surface area (Å²) in [6.07, 6.45) is 0. The summed E-state index contributed by atoms with van der Waals surface area (Å²) < 4.78 is 29.0. The lowest BCUT2D eigenvalue weighted by Gasteiger charge is -2.16. The molecule has 0 aromatic heterocycles. The molecule has 0 atom stereocenters. The number of nitrogens with one attached hydrogen (secondary N) is 2. The lowest BCUT2D eigenvalue weighted by Crippen LogP contribution is -2.40. The van der Waals surface area contributed by atoms with Gasteiger partial charge >= 0.3 is 6.03 Å². The normalized spacial score (nSPS) is 12.0. The zero-order valence-corrected chi connectivity index (χ0v) is 15.5. The summed E-state index contributed by atoms with van der Waals surface area (Å²) in [5.41, 5.74) is 1.15. The number of carbonyl (C=O) groups is 2. The third-order valence-corrected chi connectivity index (χ3v) is 3.97. The lowest BCUT2D eigenvalue weighted by atomic mass is 10.2. The van der Waals surface area contributed by atoms with Gasteiger partial charge in [-0.15, -0.1) is 0 Å². The lowest BCUT2D eigenvalue weighted by molar-refractivity contribution is -0.120. The number of imide groups is 1. The molecule has 0 fully saturated rings. The van der Waals surface area contributed by atoms with Crippen LogP contribution in [0.25, 0.3) is 0 Å². The maximum Gasteiger partial charge on any atom is 0.325 e. The largest absolute Gasteiger partial charge is 0.494 e. The fourth-order valence-corrected chi connectivity index (χ4v) is 2.72. The zero-order valence-electron chi connectivity index (χ0n) is 15.5. The summed E-state index contributed by atoms with van der Waals surface area (Å²) in [4.78, 5) is 25.7. The van der Waals surface area contributed by atoms with E-state index < -0.39 is 17.8 Å². The third kappa shape index (κ3) is 4.89. The summed E-state index contributed by atoms with van der Waals surface area (Å²) in [5.74, 6) is 0.314. The Morgan fingerprint density at radius 3 is 2.71 bits per heavy atom. The molecule has 1 heterocycles. The first-order valence-electron chi connectivity index (χ1n) is 8.46. The Kier molecular flexibility index (Phi) is 5.95. The summed E-state index contributed by atoms with van der Waals surface area (Å²) >= 11 is 0. The van der Waals surface area contributed by atoms with Crippen LogP contribution in [0.3, 0.4) is 0 Å². The highest BCUT2D eigenvalue weighted by Gasteiger charge is 2.16. The topological polar surface area (TPSA) is 89.1 Å². The number of carbonyl (C=O) groups excluding carboxylic acids is 2. The number of fused-ring (bicyclic) bond motifs is 1. The molecule has 9 heteroatoms. The minimum absolute atomic E-state index is 0.0395.